The maximum absolute atomic E-state index is 11.3. The van der Waals surface area contributed by atoms with Gasteiger partial charge in [-0.3, -0.25) is 9.88 Å². The molecule has 2 N–H and O–H groups in total. The quantitative estimate of drug-likeness (QED) is 0.586. The molecule has 32 heavy (non-hydrogen) atoms. The maximum Gasteiger partial charge on any atom is 0.340 e. The van der Waals surface area contributed by atoms with Crippen LogP contribution in [0.1, 0.15) is 56.1 Å². The van der Waals surface area contributed by atoms with Crippen LogP contribution in [0, 0.1) is 0 Å². The van der Waals surface area contributed by atoms with E-state index in [0.717, 1.165) is 25.9 Å². The maximum atomic E-state index is 11.3. The van der Waals surface area contributed by atoms with E-state index in [0.29, 0.717) is 25.6 Å². The van der Waals surface area contributed by atoms with Crippen molar-refractivity contribution in [1.29, 1.82) is 0 Å². The van der Waals surface area contributed by atoms with Crippen molar-refractivity contribution in [2.75, 3.05) is 19.7 Å². The summed E-state index contributed by atoms with van der Waals surface area (Å²) in [6.45, 7) is 10.6. The number of piperidine rings is 1. The Balaban J connectivity index is 1.42. The van der Waals surface area contributed by atoms with Gasteiger partial charge in [0.25, 0.3) is 0 Å². The van der Waals surface area contributed by atoms with E-state index in [4.69, 9.17) is 4.74 Å². The molecule has 0 saturated carbocycles. The molecule has 1 aliphatic rings. The molecule has 1 saturated heterocycles. The molecule has 0 amide bonds. The SMILES string of the molecule is CC(C)(C)c1cccc(COCC2(c3ccccc3)CCN(Cc3n[nH]c(=O)[nH]3)CC2)c1. The zero-order chi connectivity index (χ0) is 22.6. The first-order chi connectivity index (χ1) is 15.3. The molecular formula is C26H34N4O2. The van der Waals surface area contributed by atoms with Crippen LogP contribution in [0.3, 0.4) is 0 Å². The third-order valence-electron chi connectivity index (χ3n) is 6.56. The number of benzene rings is 2. The highest BCUT2D eigenvalue weighted by Gasteiger charge is 2.36. The summed E-state index contributed by atoms with van der Waals surface area (Å²) in [6.07, 6.45) is 2.02. The van der Waals surface area contributed by atoms with Crippen molar-refractivity contribution in [1.82, 2.24) is 20.1 Å². The van der Waals surface area contributed by atoms with Gasteiger partial charge >= 0.3 is 5.69 Å². The number of ether oxygens (including phenoxy) is 1. The number of likely N-dealkylation sites (tertiary alicyclic amines) is 1. The lowest BCUT2D eigenvalue weighted by Gasteiger charge is -2.42. The molecule has 0 atom stereocenters. The number of aromatic amines is 2. The molecule has 2 heterocycles. The lowest BCUT2D eigenvalue weighted by atomic mass is 9.73. The molecule has 1 aromatic heterocycles. The highest BCUT2D eigenvalue weighted by atomic mass is 16.5. The van der Waals surface area contributed by atoms with Gasteiger partial charge in [0.05, 0.1) is 19.8 Å². The fourth-order valence-corrected chi connectivity index (χ4v) is 4.53. The molecule has 2 aromatic carbocycles. The summed E-state index contributed by atoms with van der Waals surface area (Å²) < 4.78 is 6.36. The van der Waals surface area contributed by atoms with Crippen LogP contribution in [0.15, 0.2) is 59.4 Å². The summed E-state index contributed by atoms with van der Waals surface area (Å²) >= 11 is 0. The van der Waals surface area contributed by atoms with E-state index in [2.05, 4.69) is 95.4 Å². The third-order valence-corrected chi connectivity index (χ3v) is 6.56. The van der Waals surface area contributed by atoms with Crippen molar-refractivity contribution in [2.45, 2.75) is 57.6 Å². The number of hydrogen-bond acceptors (Lipinski definition) is 4. The minimum atomic E-state index is -0.250. The Hall–Kier alpha value is -2.70. The van der Waals surface area contributed by atoms with Gasteiger partial charge in [-0.1, -0.05) is 75.4 Å². The van der Waals surface area contributed by atoms with Gasteiger partial charge in [-0.05, 0) is 48.0 Å². The second-order valence-electron chi connectivity index (χ2n) is 9.99. The van der Waals surface area contributed by atoms with Gasteiger partial charge in [-0.2, -0.15) is 5.10 Å². The Bertz CT molecular complexity index is 1060. The molecule has 3 aromatic rings. The molecule has 0 radical (unpaired) electrons. The first kappa shape index (κ1) is 22.5. The molecule has 0 bridgehead atoms. The van der Waals surface area contributed by atoms with E-state index in [1.165, 1.54) is 16.7 Å². The molecule has 170 valence electrons. The fraction of sp³-hybridized carbons (Fsp3) is 0.462. The van der Waals surface area contributed by atoms with Gasteiger partial charge in [-0.25, -0.2) is 9.89 Å². The summed E-state index contributed by atoms with van der Waals surface area (Å²) in [4.78, 5) is 16.4. The van der Waals surface area contributed by atoms with Crippen LogP contribution in [-0.4, -0.2) is 39.8 Å². The minimum Gasteiger partial charge on any atom is -0.376 e. The Morgan fingerprint density at radius 3 is 2.47 bits per heavy atom. The highest BCUT2D eigenvalue weighted by molar-refractivity contribution is 5.29. The number of aromatic nitrogens is 3. The van der Waals surface area contributed by atoms with Crippen molar-refractivity contribution >= 4 is 0 Å². The van der Waals surface area contributed by atoms with Gasteiger partial charge in [0.1, 0.15) is 5.82 Å². The molecular weight excluding hydrogens is 400 g/mol. The van der Waals surface area contributed by atoms with Crippen LogP contribution in [0.2, 0.25) is 0 Å². The Morgan fingerprint density at radius 1 is 1.06 bits per heavy atom. The van der Waals surface area contributed by atoms with E-state index >= 15 is 0 Å². The van der Waals surface area contributed by atoms with Gasteiger partial charge in [0, 0.05) is 5.41 Å². The van der Waals surface area contributed by atoms with Crippen molar-refractivity contribution in [3.05, 3.63) is 87.6 Å². The number of nitrogens with one attached hydrogen (secondary N) is 2. The normalized spacial score (nSPS) is 16.8. The van der Waals surface area contributed by atoms with E-state index in [1.54, 1.807) is 0 Å². The topological polar surface area (TPSA) is 74.0 Å². The van der Waals surface area contributed by atoms with E-state index in [-0.39, 0.29) is 16.5 Å². The Kier molecular flexibility index (Phi) is 6.63. The molecule has 4 rings (SSSR count). The molecule has 6 heteroatoms. The van der Waals surface area contributed by atoms with Gasteiger partial charge in [0.2, 0.25) is 0 Å². The van der Waals surface area contributed by atoms with E-state index in [1.807, 2.05) is 0 Å². The predicted molar refractivity (Wildman–Crippen MR) is 127 cm³/mol. The zero-order valence-corrected chi connectivity index (χ0v) is 19.4. The summed E-state index contributed by atoms with van der Waals surface area (Å²) in [5.74, 6) is 0.692. The minimum absolute atomic E-state index is 0.00161. The second-order valence-corrected chi connectivity index (χ2v) is 9.99. The molecule has 6 nitrogen and oxygen atoms in total. The van der Waals surface area contributed by atoms with Gasteiger partial charge in [-0.15, -0.1) is 0 Å². The molecule has 1 aliphatic heterocycles. The molecule has 0 unspecified atom stereocenters. The number of rotatable bonds is 7. The van der Waals surface area contributed by atoms with Gasteiger partial charge < -0.3 is 4.74 Å². The monoisotopic (exact) mass is 434 g/mol. The highest BCUT2D eigenvalue weighted by Crippen LogP contribution is 2.36. The Labute approximate surface area is 190 Å². The van der Waals surface area contributed by atoms with E-state index < -0.39 is 0 Å². The average molecular weight is 435 g/mol. The summed E-state index contributed by atoms with van der Waals surface area (Å²) in [7, 11) is 0. The fourth-order valence-electron chi connectivity index (χ4n) is 4.53. The summed E-state index contributed by atoms with van der Waals surface area (Å²) in [6, 6.07) is 19.5. The molecule has 1 fully saturated rings. The van der Waals surface area contributed by atoms with Crippen molar-refractivity contribution in [3.63, 3.8) is 0 Å². The van der Waals surface area contributed by atoms with Crippen LogP contribution >= 0.6 is 0 Å². The third kappa shape index (κ3) is 5.37. The number of H-pyrrole nitrogens is 2. The van der Waals surface area contributed by atoms with E-state index in [9.17, 15) is 4.79 Å². The zero-order valence-electron chi connectivity index (χ0n) is 19.4. The largest absolute Gasteiger partial charge is 0.376 e. The van der Waals surface area contributed by atoms with Crippen molar-refractivity contribution < 1.29 is 4.74 Å². The smallest absolute Gasteiger partial charge is 0.340 e. The van der Waals surface area contributed by atoms with Crippen LogP contribution < -0.4 is 5.69 Å². The predicted octanol–water partition coefficient (Wildman–Crippen LogP) is 4.15. The van der Waals surface area contributed by atoms with Crippen LogP contribution in [-0.2, 0) is 28.7 Å². The number of hydrogen-bond donors (Lipinski definition) is 2. The average Bonchev–Trinajstić information content (AvgIpc) is 3.20. The lowest BCUT2D eigenvalue weighted by molar-refractivity contribution is 0.0341. The van der Waals surface area contributed by atoms with Crippen molar-refractivity contribution in [2.24, 2.45) is 0 Å². The van der Waals surface area contributed by atoms with Crippen LogP contribution in [0.25, 0.3) is 0 Å². The van der Waals surface area contributed by atoms with Crippen LogP contribution in [0.4, 0.5) is 0 Å². The summed E-state index contributed by atoms with van der Waals surface area (Å²) in [5, 5.41) is 6.50. The summed E-state index contributed by atoms with van der Waals surface area (Å²) in [5.41, 5.74) is 3.78. The Morgan fingerprint density at radius 2 is 1.81 bits per heavy atom. The standard InChI is InChI=1S/C26H34N4O2/c1-25(2,3)22-11-7-8-20(16-22)18-32-19-26(21-9-5-4-6-10-21)12-14-30(15-13-26)17-23-27-24(31)29-28-23/h4-11,16H,12-15,17-19H2,1-3H3,(H2,27,28,29,31). The number of nitrogens with zero attached hydrogens (tertiary/aromatic N) is 2. The first-order valence-corrected chi connectivity index (χ1v) is 11.4. The van der Waals surface area contributed by atoms with Crippen LogP contribution in [0.5, 0.6) is 0 Å². The van der Waals surface area contributed by atoms with Crippen molar-refractivity contribution in [3.8, 4) is 0 Å². The van der Waals surface area contributed by atoms with Gasteiger partial charge in [0.15, 0.2) is 0 Å². The molecule has 0 aliphatic carbocycles. The second kappa shape index (κ2) is 9.43. The first-order valence-electron chi connectivity index (χ1n) is 11.4. The molecule has 0 spiro atoms. The lowest BCUT2D eigenvalue weighted by Crippen LogP contribution is -2.45.